The van der Waals surface area contributed by atoms with E-state index in [-0.39, 0.29) is 0 Å². The number of anilines is 1. The van der Waals surface area contributed by atoms with Crippen LogP contribution in [0.2, 0.25) is 5.02 Å². The van der Waals surface area contributed by atoms with Gasteiger partial charge in [0.2, 0.25) is 0 Å². The summed E-state index contributed by atoms with van der Waals surface area (Å²) in [6.45, 7) is 1.36. The Morgan fingerprint density at radius 2 is 2.03 bits per heavy atom. The molecule has 0 unspecified atom stereocenters. The van der Waals surface area contributed by atoms with Gasteiger partial charge in [0.15, 0.2) is 6.61 Å². The Labute approximate surface area is 188 Å². The van der Waals surface area contributed by atoms with Crippen molar-refractivity contribution in [1.29, 1.82) is 0 Å². The third-order valence-corrected chi connectivity index (χ3v) is 5.15. The Morgan fingerprint density at radius 1 is 1.19 bits per heavy atom. The predicted octanol–water partition coefficient (Wildman–Crippen LogP) is 4.39. The Morgan fingerprint density at radius 3 is 2.78 bits per heavy atom. The van der Waals surface area contributed by atoms with Gasteiger partial charge in [0, 0.05) is 29.0 Å². The molecule has 2 N–H and O–H groups in total. The number of carbonyl (C=O) groups is 2. The topological polar surface area (TPSA) is 106 Å². The fourth-order valence-electron chi connectivity index (χ4n) is 3.11. The van der Waals surface area contributed by atoms with Crippen LogP contribution in [0.15, 0.2) is 54.9 Å². The van der Waals surface area contributed by atoms with Gasteiger partial charge < -0.3 is 19.8 Å². The van der Waals surface area contributed by atoms with Gasteiger partial charge in [0.25, 0.3) is 5.91 Å². The van der Waals surface area contributed by atoms with Crippen LogP contribution >= 0.6 is 11.6 Å². The highest BCUT2D eigenvalue weighted by Crippen LogP contribution is 2.31. The van der Waals surface area contributed by atoms with Crippen molar-refractivity contribution < 1.29 is 19.1 Å². The standard InChI is InChI=1S/C23H19ClN4O4/c1-13-8-19(20(31-2)10-16(13)24)26-21(29)12-32-23(30)14-5-6-17-18(9-14)28-22(27-17)15-4-3-7-25-11-15/h3-11H,12H2,1-2H3,(H,26,29)(H,27,28). The maximum Gasteiger partial charge on any atom is 0.338 e. The number of nitrogens with one attached hydrogen (secondary N) is 2. The number of imidazole rings is 1. The first-order valence-electron chi connectivity index (χ1n) is 9.66. The van der Waals surface area contributed by atoms with Crippen LogP contribution < -0.4 is 10.1 Å². The monoisotopic (exact) mass is 450 g/mol. The van der Waals surface area contributed by atoms with Crippen LogP contribution in [0.4, 0.5) is 5.69 Å². The Balaban J connectivity index is 1.43. The second kappa shape index (κ2) is 9.07. The molecule has 2 aromatic heterocycles. The molecule has 0 radical (unpaired) electrons. The number of nitrogens with zero attached hydrogens (tertiary/aromatic N) is 2. The summed E-state index contributed by atoms with van der Waals surface area (Å²) in [5.41, 5.74) is 3.71. The molecule has 2 heterocycles. The van der Waals surface area contributed by atoms with Crippen LogP contribution in [0.25, 0.3) is 22.4 Å². The van der Waals surface area contributed by atoms with E-state index in [0.29, 0.717) is 38.9 Å². The zero-order valence-electron chi connectivity index (χ0n) is 17.3. The fraction of sp³-hybridized carbons (Fsp3) is 0.130. The molecule has 0 atom stereocenters. The average molecular weight is 451 g/mol. The number of carbonyl (C=O) groups excluding carboxylic acids is 2. The minimum atomic E-state index is -0.626. The summed E-state index contributed by atoms with van der Waals surface area (Å²) in [6, 6.07) is 11.9. The molecule has 1 amide bonds. The summed E-state index contributed by atoms with van der Waals surface area (Å²) < 4.78 is 10.4. The van der Waals surface area contributed by atoms with Crippen LogP contribution in [-0.2, 0) is 9.53 Å². The summed E-state index contributed by atoms with van der Waals surface area (Å²) in [5.74, 6) is -0.0710. The number of amides is 1. The van der Waals surface area contributed by atoms with E-state index in [1.807, 2.05) is 19.1 Å². The van der Waals surface area contributed by atoms with Crippen molar-refractivity contribution in [3.63, 3.8) is 0 Å². The van der Waals surface area contributed by atoms with Crippen LogP contribution in [0.5, 0.6) is 5.75 Å². The van der Waals surface area contributed by atoms with Crippen molar-refractivity contribution in [3.05, 3.63) is 71.0 Å². The van der Waals surface area contributed by atoms with Crippen molar-refractivity contribution in [2.75, 3.05) is 19.0 Å². The highest BCUT2D eigenvalue weighted by Gasteiger charge is 2.15. The van der Waals surface area contributed by atoms with Crippen LogP contribution in [0.1, 0.15) is 15.9 Å². The molecule has 0 saturated carbocycles. The maximum atomic E-state index is 12.5. The normalized spacial score (nSPS) is 10.7. The quantitative estimate of drug-likeness (QED) is 0.422. The maximum absolute atomic E-state index is 12.5. The number of fused-ring (bicyclic) bond motifs is 1. The zero-order chi connectivity index (χ0) is 22.7. The molecule has 162 valence electrons. The first-order chi connectivity index (χ1) is 15.4. The highest BCUT2D eigenvalue weighted by molar-refractivity contribution is 6.31. The van der Waals surface area contributed by atoms with Gasteiger partial charge in [0.05, 0.1) is 29.4 Å². The minimum Gasteiger partial charge on any atom is -0.495 e. The number of halogens is 1. The first kappa shape index (κ1) is 21.3. The van der Waals surface area contributed by atoms with Gasteiger partial charge in [-0.15, -0.1) is 0 Å². The van der Waals surface area contributed by atoms with E-state index >= 15 is 0 Å². The molecule has 32 heavy (non-hydrogen) atoms. The molecule has 0 aliphatic rings. The predicted molar refractivity (Wildman–Crippen MR) is 121 cm³/mol. The Kier molecular flexibility index (Phi) is 6.04. The molecule has 0 bridgehead atoms. The average Bonchev–Trinajstić information content (AvgIpc) is 3.24. The highest BCUT2D eigenvalue weighted by atomic mass is 35.5. The van der Waals surface area contributed by atoms with Gasteiger partial charge in [-0.3, -0.25) is 9.78 Å². The van der Waals surface area contributed by atoms with Crippen molar-refractivity contribution >= 4 is 40.2 Å². The molecule has 8 nitrogen and oxygen atoms in total. The third-order valence-electron chi connectivity index (χ3n) is 4.74. The molecule has 4 aromatic rings. The van der Waals surface area contributed by atoms with E-state index in [2.05, 4.69) is 20.3 Å². The molecular formula is C23H19ClN4O4. The number of ether oxygens (including phenoxy) is 2. The van der Waals surface area contributed by atoms with Crippen molar-refractivity contribution in [2.45, 2.75) is 6.92 Å². The number of hydrogen-bond acceptors (Lipinski definition) is 6. The number of rotatable bonds is 6. The van der Waals surface area contributed by atoms with Crippen molar-refractivity contribution in [1.82, 2.24) is 15.0 Å². The van der Waals surface area contributed by atoms with Crippen molar-refractivity contribution in [2.24, 2.45) is 0 Å². The zero-order valence-corrected chi connectivity index (χ0v) is 18.1. The summed E-state index contributed by atoms with van der Waals surface area (Å²) in [7, 11) is 1.47. The summed E-state index contributed by atoms with van der Waals surface area (Å²) in [4.78, 5) is 36.5. The van der Waals surface area contributed by atoms with Gasteiger partial charge in [-0.2, -0.15) is 0 Å². The molecule has 0 aliphatic heterocycles. The smallest absolute Gasteiger partial charge is 0.338 e. The van der Waals surface area contributed by atoms with E-state index in [9.17, 15) is 9.59 Å². The van der Waals surface area contributed by atoms with E-state index in [0.717, 1.165) is 11.1 Å². The summed E-state index contributed by atoms with van der Waals surface area (Å²) in [6.07, 6.45) is 3.38. The molecule has 4 rings (SSSR count). The summed E-state index contributed by atoms with van der Waals surface area (Å²) >= 11 is 6.08. The lowest BCUT2D eigenvalue weighted by molar-refractivity contribution is -0.119. The Hall–Kier alpha value is -3.91. The molecule has 0 aliphatic carbocycles. The van der Waals surface area contributed by atoms with E-state index in [1.165, 1.54) is 7.11 Å². The van der Waals surface area contributed by atoms with E-state index in [4.69, 9.17) is 21.1 Å². The lowest BCUT2D eigenvalue weighted by atomic mass is 10.2. The second-order valence-electron chi connectivity index (χ2n) is 6.99. The molecule has 0 fully saturated rings. The number of aromatic amines is 1. The molecule has 2 aromatic carbocycles. The number of pyridine rings is 1. The van der Waals surface area contributed by atoms with Gasteiger partial charge in [0.1, 0.15) is 11.6 Å². The number of aromatic nitrogens is 3. The van der Waals surface area contributed by atoms with Gasteiger partial charge in [-0.05, 0) is 48.9 Å². The van der Waals surface area contributed by atoms with Gasteiger partial charge >= 0.3 is 5.97 Å². The van der Waals surface area contributed by atoms with Crippen LogP contribution in [-0.4, -0.2) is 40.5 Å². The van der Waals surface area contributed by atoms with E-state index < -0.39 is 18.5 Å². The lowest BCUT2D eigenvalue weighted by Gasteiger charge is -2.12. The van der Waals surface area contributed by atoms with E-state index in [1.54, 1.807) is 42.7 Å². The van der Waals surface area contributed by atoms with Gasteiger partial charge in [-0.1, -0.05) is 11.6 Å². The SMILES string of the molecule is COc1cc(Cl)c(C)cc1NC(=O)COC(=O)c1ccc2nc(-c3cccnc3)[nH]c2c1. The number of benzene rings is 2. The van der Waals surface area contributed by atoms with Crippen LogP contribution in [0.3, 0.4) is 0 Å². The molecule has 0 saturated heterocycles. The number of esters is 1. The number of hydrogen-bond donors (Lipinski definition) is 2. The summed E-state index contributed by atoms with van der Waals surface area (Å²) in [5, 5.41) is 3.19. The number of methoxy groups -OCH3 is 1. The second-order valence-corrected chi connectivity index (χ2v) is 7.39. The van der Waals surface area contributed by atoms with Crippen LogP contribution in [0, 0.1) is 6.92 Å². The largest absolute Gasteiger partial charge is 0.495 e. The van der Waals surface area contributed by atoms with Gasteiger partial charge in [-0.25, -0.2) is 9.78 Å². The lowest BCUT2D eigenvalue weighted by Crippen LogP contribution is -2.21. The Bertz CT molecular complexity index is 1300. The molecular weight excluding hydrogens is 432 g/mol. The third kappa shape index (κ3) is 4.55. The fourth-order valence-corrected chi connectivity index (χ4v) is 3.26. The van der Waals surface area contributed by atoms with Crippen molar-refractivity contribution in [3.8, 4) is 17.1 Å². The first-order valence-corrected chi connectivity index (χ1v) is 10.0. The number of H-pyrrole nitrogens is 1. The minimum absolute atomic E-state index is 0.298. The molecule has 9 heteroatoms. The number of aryl methyl sites for hydroxylation is 1. The molecule has 0 spiro atoms.